The van der Waals surface area contributed by atoms with Crippen LogP contribution >= 0.6 is 0 Å². The molecule has 0 bridgehead atoms. The van der Waals surface area contributed by atoms with Gasteiger partial charge in [-0.2, -0.15) is 0 Å². The third kappa shape index (κ3) is 7.08. The van der Waals surface area contributed by atoms with Gasteiger partial charge in [0.05, 0.1) is 24.8 Å². The van der Waals surface area contributed by atoms with E-state index >= 15 is 0 Å². The zero-order valence-corrected chi connectivity index (χ0v) is 23.7. The fourth-order valence-electron chi connectivity index (χ4n) is 4.06. The normalized spacial score (nSPS) is 11.8. The minimum atomic E-state index is -4.18. The lowest BCUT2D eigenvalue weighted by molar-refractivity contribution is -0.139. The van der Waals surface area contributed by atoms with Crippen molar-refractivity contribution >= 4 is 27.5 Å². The Kier molecular flexibility index (Phi) is 9.95. The third-order valence-corrected chi connectivity index (χ3v) is 8.02. The first kappa shape index (κ1) is 29.5. The molecule has 0 heterocycles. The highest BCUT2D eigenvalue weighted by atomic mass is 32.2. The van der Waals surface area contributed by atoms with Gasteiger partial charge in [0.25, 0.3) is 10.0 Å². The molecule has 0 aliphatic heterocycles. The van der Waals surface area contributed by atoms with E-state index in [2.05, 4.69) is 5.32 Å². The summed E-state index contributed by atoms with van der Waals surface area (Å²) in [6.07, 6.45) is 0. The number of sulfonamides is 1. The Morgan fingerprint density at radius 3 is 2.21 bits per heavy atom. The molecule has 0 saturated heterocycles. The molecule has 10 heteroatoms. The molecule has 9 nitrogen and oxygen atoms in total. The van der Waals surface area contributed by atoms with Crippen molar-refractivity contribution in [1.82, 2.24) is 10.2 Å². The summed E-state index contributed by atoms with van der Waals surface area (Å²) in [6, 6.07) is 19.3. The van der Waals surface area contributed by atoms with Crippen molar-refractivity contribution in [3.05, 3.63) is 83.9 Å². The number of carbonyl (C=O) groups excluding carboxylic acids is 2. The van der Waals surface area contributed by atoms with Gasteiger partial charge >= 0.3 is 0 Å². The minimum absolute atomic E-state index is 0.0276. The van der Waals surface area contributed by atoms with E-state index in [1.165, 1.54) is 24.1 Å². The summed E-state index contributed by atoms with van der Waals surface area (Å²) in [6.45, 7) is 5.17. The molecular formula is C29H35N3O6S. The van der Waals surface area contributed by atoms with Gasteiger partial charge in [-0.15, -0.1) is 0 Å². The quantitative estimate of drug-likeness (QED) is 0.366. The molecule has 0 fully saturated rings. The molecule has 0 aliphatic rings. The number of nitrogens with zero attached hydrogens (tertiary/aromatic N) is 2. The maximum atomic E-state index is 13.9. The molecule has 0 saturated carbocycles. The highest BCUT2D eigenvalue weighted by molar-refractivity contribution is 7.92. The molecular weight excluding hydrogens is 518 g/mol. The molecule has 2 amide bonds. The van der Waals surface area contributed by atoms with E-state index in [-0.39, 0.29) is 23.0 Å². The van der Waals surface area contributed by atoms with E-state index in [9.17, 15) is 18.0 Å². The van der Waals surface area contributed by atoms with E-state index in [4.69, 9.17) is 9.47 Å². The topological polar surface area (TPSA) is 105 Å². The molecule has 208 valence electrons. The van der Waals surface area contributed by atoms with Crippen LogP contribution < -0.4 is 19.1 Å². The van der Waals surface area contributed by atoms with Crippen LogP contribution in [0.3, 0.4) is 0 Å². The number of hydrogen-bond donors (Lipinski definition) is 1. The van der Waals surface area contributed by atoms with Gasteiger partial charge in [0.15, 0.2) is 0 Å². The number of hydrogen-bond acceptors (Lipinski definition) is 6. The molecule has 1 atom stereocenters. The Balaban J connectivity index is 2.07. The molecule has 1 N–H and O–H groups in total. The first-order valence-electron chi connectivity index (χ1n) is 12.5. The molecule has 0 aliphatic carbocycles. The number of carbonyl (C=O) groups is 2. The average molecular weight is 554 g/mol. The average Bonchev–Trinajstić information content (AvgIpc) is 2.95. The first-order chi connectivity index (χ1) is 18.6. The Hall–Kier alpha value is -4.05. The van der Waals surface area contributed by atoms with Crippen LogP contribution in [0.25, 0.3) is 0 Å². The predicted molar refractivity (Wildman–Crippen MR) is 150 cm³/mol. The minimum Gasteiger partial charge on any atom is -0.497 e. The number of rotatable bonds is 12. The van der Waals surface area contributed by atoms with Crippen LogP contribution in [0.4, 0.5) is 5.69 Å². The SMILES string of the molecule is CCNC(=O)[C@H](C)N(Cc1ccc(OC)cc1)C(=O)CN(c1cc(C)ccc1OC)S(=O)(=O)c1ccccc1. The van der Waals surface area contributed by atoms with E-state index in [1.54, 1.807) is 81.6 Å². The second-order valence-corrected chi connectivity index (χ2v) is 10.8. The summed E-state index contributed by atoms with van der Waals surface area (Å²) in [4.78, 5) is 28.2. The Labute approximate surface area is 230 Å². The largest absolute Gasteiger partial charge is 0.497 e. The lowest BCUT2D eigenvalue weighted by Crippen LogP contribution is -2.51. The van der Waals surface area contributed by atoms with Crippen molar-refractivity contribution in [1.29, 1.82) is 0 Å². The summed E-state index contributed by atoms with van der Waals surface area (Å²) in [5.74, 6) is 0.0593. The van der Waals surface area contributed by atoms with Crippen LogP contribution in [-0.4, -0.2) is 58.5 Å². The van der Waals surface area contributed by atoms with Gasteiger partial charge in [-0.1, -0.05) is 36.4 Å². The first-order valence-corrected chi connectivity index (χ1v) is 14.0. The third-order valence-electron chi connectivity index (χ3n) is 6.24. The Morgan fingerprint density at radius 1 is 0.949 bits per heavy atom. The second-order valence-electron chi connectivity index (χ2n) is 8.94. The highest BCUT2D eigenvalue weighted by Gasteiger charge is 2.33. The molecule has 0 aromatic heterocycles. The smallest absolute Gasteiger partial charge is 0.264 e. The second kappa shape index (κ2) is 13.1. The van der Waals surface area contributed by atoms with Crippen LogP contribution in [0, 0.1) is 6.92 Å². The monoisotopic (exact) mass is 553 g/mol. The van der Waals surface area contributed by atoms with Crippen molar-refractivity contribution in [3.63, 3.8) is 0 Å². The number of nitrogens with one attached hydrogen (secondary N) is 1. The summed E-state index contributed by atoms with van der Waals surface area (Å²) >= 11 is 0. The number of anilines is 1. The van der Waals surface area contributed by atoms with Gasteiger partial charge < -0.3 is 19.7 Å². The number of aryl methyl sites for hydroxylation is 1. The van der Waals surface area contributed by atoms with Gasteiger partial charge in [0.1, 0.15) is 24.1 Å². The van der Waals surface area contributed by atoms with Gasteiger partial charge in [-0.05, 0) is 68.3 Å². The molecule has 3 rings (SSSR count). The van der Waals surface area contributed by atoms with E-state index < -0.39 is 28.5 Å². The molecule has 39 heavy (non-hydrogen) atoms. The van der Waals surface area contributed by atoms with Crippen molar-refractivity contribution < 1.29 is 27.5 Å². The summed E-state index contributed by atoms with van der Waals surface area (Å²) in [5, 5.41) is 2.75. The molecule has 0 unspecified atom stereocenters. The van der Waals surface area contributed by atoms with Crippen LogP contribution in [0.2, 0.25) is 0 Å². The molecule has 0 radical (unpaired) electrons. The van der Waals surface area contributed by atoms with Gasteiger partial charge in [-0.25, -0.2) is 8.42 Å². The van der Waals surface area contributed by atoms with Gasteiger partial charge in [0, 0.05) is 13.1 Å². The number of amides is 2. The Bertz CT molecular complexity index is 1380. The van der Waals surface area contributed by atoms with Crippen LogP contribution in [-0.2, 0) is 26.2 Å². The molecule has 3 aromatic rings. The summed E-state index contributed by atoms with van der Waals surface area (Å²) in [5.41, 5.74) is 1.77. The Morgan fingerprint density at radius 2 is 1.62 bits per heavy atom. The van der Waals surface area contributed by atoms with E-state index in [1.807, 2.05) is 6.92 Å². The summed E-state index contributed by atoms with van der Waals surface area (Å²) in [7, 11) is -1.18. The zero-order valence-electron chi connectivity index (χ0n) is 22.9. The fraction of sp³-hybridized carbons (Fsp3) is 0.310. The highest BCUT2D eigenvalue weighted by Crippen LogP contribution is 2.33. The van der Waals surface area contributed by atoms with E-state index in [0.717, 1.165) is 15.4 Å². The van der Waals surface area contributed by atoms with Gasteiger partial charge in [-0.3, -0.25) is 13.9 Å². The van der Waals surface area contributed by atoms with Gasteiger partial charge in [0.2, 0.25) is 11.8 Å². The lowest BCUT2D eigenvalue weighted by atomic mass is 10.1. The summed E-state index contributed by atoms with van der Waals surface area (Å²) < 4.78 is 39.6. The van der Waals surface area contributed by atoms with Crippen LogP contribution in [0.15, 0.2) is 77.7 Å². The number of likely N-dealkylation sites (N-methyl/N-ethyl adjacent to an activating group) is 1. The maximum absolute atomic E-state index is 13.9. The standard InChI is InChI=1S/C29H35N3O6S/c1-6-30-29(34)22(3)31(19-23-13-15-24(37-4)16-14-23)28(33)20-32(26-18-21(2)12-17-27(26)38-5)39(35,36)25-10-8-7-9-11-25/h7-18,22H,6,19-20H2,1-5H3,(H,30,34)/t22-/m0/s1. The predicted octanol–water partition coefficient (Wildman–Crippen LogP) is 3.76. The van der Waals surface area contributed by atoms with Crippen LogP contribution in [0.5, 0.6) is 11.5 Å². The number of methoxy groups -OCH3 is 2. The lowest BCUT2D eigenvalue weighted by Gasteiger charge is -2.32. The number of benzene rings is 3. The van der Waals surface area contributed by atoms with E-state index in [0.29, 0.717) is 18.0 Å². The van der Waals surface area contributed by atoms with Crippen LogP contribution in [0.1, 0.15) is 25.0 Å². The van der Waals surface area contributed by atoms with Crippen molar-refractivity contribution in [2.24, 2.45) is 0 Å². The molecule has 3 aromatic carbocycles. The zero-order chi connectivity index (χ0) is 28.6. The fourth-order valence-corrected chi connectivity index (χ4v) is 5.50. The number of ether oxygens (including phenoxy) is 2. The molecule has 0 spiro atoms. The van der Waals surface area contributed by atoms with Crippen molar-refractivity contribution in [2.45, 2.75) is 38.3 Å². The maximum Gasteiger partial charge on any atom is 0.264 e. The van der Waals surface area contributed by atoms with Crippen molar-refractivity contribution in [3.8, 4) is 11.5 Å². The van der Waals surface area contributed by atoms with Crippen molar-refractivity contribution in [2.75, 3.05) is 31.6 Å².